The van der Waals surface area contributed by atoms with Gasteiger partial charge in [-0.1, -0.05) is 17.7 Å². The van der Waals surface area contributed by atoms with Gasteiger partial charge in [-0.2, -0.15) is 0 Å². The Balaban J connectivity index is 1.46. The highest BCUT2D eigenvalue weighted by atomic mass is 35.5. The highest BCUT2D eigenvalue weighted by Gasteiger charge is 2.30. The average molecular weight is 364 g/mol. The van der Waals surface area contributed by atoms with Crippen LogP contribution in [0.15, 0.2) is 18.2 Å². The minimum atomic E-state index is -0.564. The monoisotopic (exact) mass is 363 g/mol. The molecule has 132 valence electrons. The number of nitrogens with zero attached hydrogens (tertiary/aromatic N) is 4. The Kier molecular flexibility index (Phi) is 4.43. The molecule has 1 amide bonds. The fourth-order valence-electron chi connectivity index (χ4n) is 3.60. The summed E-state index contributed by atoms with van der Waals surface area (Å²) in [7, 11) is 0. The van der Waals surface area contributed by atoms with Crippen molar-refractivity contribution in [2.45, 2.75) is 31.8 Å². The molecule has 6 nitrogen and oxygen atoms in total. The third-order valence-electron chi connectivity index (χ3n) is 4.98. The number of fused-ring (bicyclic) bond motifs is 1. The van der Waals surface area contributed by atoms with Gasteiger partial charge >= 0.3 is 0 Å². The highest BCUT2D eigenvalue weighted by Crippen LogP contribution is 2.29. The fourth-order valence-corrected chi connectivity index (χ4v) is 3.80. The van der Waals surface area contributed by atoms with E-state index in [1.165, 1.54) is 12.1 Å². The number of carbonyl (C=O) groups excluding carboxylic acids is 1. The van der Waals surface area contributed by atoms with Crippen LogP contribution in [-0.4, -0.2) is 45.2 Å². The SMILES string of the molecule is O=C(c1cccc(F)c1Cl)N1CCC(c2nnc3n2CCNC3)CC1. The summed E-state index contributed by atoms with van der Waals surface area (Å²) in [6.45, 7) is 3.78. The molecule has 3 heterocycles. The van der Waals surface area contributed by atoms with Crippen LogP contribution in [0.2, 0.25) is 5.02 Å². The Bertz CT molecular complexity index is 800. The second-order valence-corrected chi connectivity index (χ2v) is 6.85. The second kappa shape index (κ2) is 6.72. The number of halogens is 2. The van der Waals surface area contributed by atoms with Crippen molar-refractivity contribution in [1.29, 1.82) is 0 Å². The summed E-state index contributed by atoms with van der Waals surface area (Å²) in [6.07, 6.45) is 1.65. The summed E-state index contributed by atoms with van der Waals surface area (Å²) >= 11 is 5.95. The van der Waals surface area contributed by atoms with E-state index in [1.807, 2.05) is 0 Å². The van der Waals surface area contributed by atoms with Crippen LogP contribution in [0.3, 0.4) is 0 Å². The maximum atomic E-state index is 13.6. The van der Waals surface area contributed by atoms with E-state index in [-0.39, 0.29) is 16.5 Å². The number of hydrogen-bond donors (Lipinski definition) is 1. The molecular formula is C17H19ClFN5O. The van der Waals surface area contributed by atoms with Crippen LogP contribution in [0.4, 0.5) is 4.39 Å². The van der Waals surface area contributed by atoms with Gasteiger partial charge in [0.1, 0.15) is 17.5 Å². The first-order valence-electron chi connectivity index (χ1n) is 8.51. The molecule has 0 spiro atoms. The number of amides is 1. The molecule has 8 heteroatoms. The lowest BCUT2D eigenvalue weighted by atomic mass is 9.95. The van der Waals surface area contributed by atoms with Crippen molar-refractivity contribution in [3.8, 4) is 0 Å². The highest BCUT2D eigenvalue weighted by molar-refractivity contribution is 6.34. The zero-order valence-corrected chi connectivity index (χ0v) is 14.5. The molecule has 1 aromatic carbocycles. The molecule has 4 rings (SSSR count). The van der Waals surface area contributed by atoms with E-state index in [2.05, 4.69) is 20.1 Å². The van der Waals surface area contributed by atoms with Gasteiger partial charge in [0.05, 0.1) is 17.1 Å². The third-order valence-corrected chi connectivity index (χ3v) is 5.36. The Hall–Kier alpha value is -1.99. The van der Waals surface area contributed by atoms with Gasteiger partial charge < -0.3 is 14.8 Å². The minimum Gasteiger partial charge on any atom is -0.339 e. The van der Waals surface area contributed by atoms with Gasteiger partial charge in [-0.25, -0.2) is 4.39 Å². The summed E-state index contributed by atoms with van der Waals surface area (Å²) in [4.78, 5) is 14.4. The van der Waals surface area contributed by atoms with Gasteiger partial charge in [-0.15, -0.1) is 10.2 Å². The normalized spacial score (nSPS) is 18.2. The molecule has 0 saturated carbocycles. The lowest BCUT2D eigenvalue weighted by Gasteiger charge is -2.32. The smallest absolute Gasteiger partial charge is 0.255 e. The first kappa shape index (κ1) is 16.5. The maximum Gasteiger partial charge on any atom is 0.255 e. The van der Waals surface area contributed by atoms with Crippen molar-refractivity contribution in [3.05, 3.63) is 46.3 Å². The van der Waals surface area contributed by atoms with Crippen LogP contribution in [-0.2, 0) is 13.1 Å². The zero-order chi connectivity index (χ0) is 17.4. The van der Waals surface area contributed by atoms with Gasteiger partial charge in [0.25, 0.3) is 5.91 Å². The lowest BCUT2D eigenvalue weighted by Crippen LogP contribution is -2.39. The summed E-state index contributed by atoms with van der Waals surface area (Å²) in [5.41, 5.74) is 0.228. The van der Waals surface area contributed by atoms with Crippen molar-refractivity contribution in [1.82, 2.24) is 25.0 Å². The molecule has 1 N–H and O–H groups in total. The molecule has 0 bridgehead atoms. The van der Waals surface area contributed by atoms with Gasteiger partial charge in [-0.3, -0.25) is 4.79 Å². The largest absolute Gasteiger partial charge is 0.339 e. The number of hydrogen-bond acceptors (Lipinski definition) is 4. The average Bonchev–Trinajstić information content (AvgIpc) is 3.08. The molecule has 1 aromatic heterocycles. The number of nitrogens with one attached hydrogen (secondary N) is 1. The van der Waals surface area contributed by atoms with Crippen LogP contribution < -0.4 is 5.32 Å². The van der Waals surface area contributed by atoms with E-state index in [1.54, 1.807) is 11.0 Å². The van der Waals surface area contributed by atoms with Crippen molar-refractivity contribution < 1.29 is 9.18 Å². The molecule has 0 radical (unpaired) electrons. The van der Waals surface area contributed by atoms with Crippen molar-refractivity contribution in [2.24, 2.45) is 0 Å². The van der Waals surface area contributed by atoms with Gasteiger partial charge in [0.15, 0.2) is 0 Å². The molecule has 0 unspecified atom stereocenters. The minimum absolute atomic E-state index is 0.103. The molecule has 0 atom stereocenters. The fraction of sp³-hybridized carbons (Fsp3) is 0.471. The topological polar surface area (TPSA) is 63.1 Å². The molecule has 2 aromatic rings. The molecular weight excluding hydrogens is 345 g/mol. The number of rotatable bonds is 2. The zero-order valence-electron chi connectivity index (χ0n) is 13.7. The Morgan fingerprint density at radius 3 is 2.84 bits per heavy atom. The Labute approximate surface area is 150 Å². The molecule has 1 fully saturated rings. The van der Waals surface area contributed by atoms with Crippen LogP contribution in [0.5, 0.6) is 0 Å². The Morgan fingerprint density at radius 2 is 2.04 bits per heavy atom. The van der Waals surface area contributed by atoms with Crippen molar-refractivity contribution in [2.75, 3.05) is 19.6 Å². The van der Waals surface area contributed by atoms with E-state index in [0.29, 0.717) is 19.0 Å². The van der Waals surface area contributed by atoms with Gasteiger partial charge in [0, 0.05) is 32.1 Å². The summed E-state index contributed by atoms with van der Waals surface area (Å²) in [5, 5.41) is 11.8. The summed E-state index contributed by atoms with van der Waals surface area (Å²) < 4.78 is 15.8. The predicted octanol–water partition coefficient (Wildman–Crippen LogP) is 2.19. The number of piperidine rings is 1. The molecule has 2 aliphatic rings. The van der Waals surface area contributed by atoms with Crippen LogP contribution in [0.1, 0.15) is 40.8 Å². The molecule has 0 aliphatic carbocycles. The van der Waals surface area contributed by atoms with Gasteiger partial charge in [0.2, 0.25) is 0 Å². The van der Waals surface area contributed by atoms with Crippen LogP contribution in [0, 0.1) is 5.82 Å². The molecule has 1 saturated heterocycles. The third kappa shape index (κ3) is 3.02. The van der Waals surface area contributed by atoms with Crippen molar-refractivity contribution in [3.63, 3.8) is 0 Å². The standard InChI is InChI=1S/C17H19ClFN5O/c18-15-12(2-1-3-13(15)19)17(25)23-7-4-11(5-8-23)16-22-21-14-10-20-6-9-24(14)16/h1-3,11,20H,4-10H2. The van der Waals surface area contributed by atoms with Gasteiger partial charge in [-0.05, 0) is 25.0 Å². The lowest BCUT2D eigenvalue weighted by molar-refractivity contribution is 0.0709. The second-order valence-electron chi connectivity index (χ2n) is 6.47. The number of carbonyl (C=O) groups is 1. The van der Waals surface area contributed by atoms with E-state index >= 15 is 0 Å². The van der Waals surface area contributed by atoms with E-state index in [4.69, 9.17) is 11.6 Å². The Morgan fingerprint density at radius 1 is 1.24 bits per heavy atom. The number of likely N-dealkylation sites (tertiary alicyclic amines) is 1. The quantitative estimate of drug-likeness (QED) is 0.888. The van der Waals surface area contributed by atoms with Crippen LogP contribution >= 0.6 is 11.6 Å². The summed E-state index contributed by atoms with van der Waals surface area (Å²) in [5.74, 6) is 1.52. The van der Waals surface area contributed by atoms with Crippen molar-refractivity contribution >= 4 is 17.5 Å². The predicted molar refractivity (Wildman–Crippen MR) is 91.0 cm³/mol. The van der Waals surface area contributed by atoms with Crippen LogP contribution in [0.25, 0.3) is 0 Å². The molecule has 2 aliphatic heterocycles. The first-order valence-corrected chi connectivity index (χ1v) is 8.89. The summed E-state index contributed by atoms with van der Waals surface area (Å²) in [6, 6.07) is 4.34. The van der Waals surface area contributed by atoms with E-state index < -0.39 is 5.82 Å². The maximum absolute atomic E-state index is 13.6. The number of aromatic nitrogens is 3. The molecule has 25 heavy (non-hydrogen) atoms. The van der Waals surface area contributed by atoms with E-state index in [0.717, 1.165) is 44.1 Å². The number of benzene rings is 1. The first-order chi connectivity index (χ1) is 12.1. The van der Waals surface area contributed by atoms with E-state index in [9.17, 15) is 9.18 Å².